The van der Waals surface area contributed by atoms with Crippen molar-refractivity contribution in [2.45, 2.75) is 24.8 Å². The smallest absolute Gasteiger partial charge is 0.265 e. The Labute approximate surface area is 129 Å². The standard InChI is InChI=1S/C17H19NO2S/c1-12-7-9-15(10-8-12)20-13(2)17(19)18-14-5-4-6-16(11-14)21-3/h4-11,13H,1-3H3,(H,18,19)/t13-/m0/s1. The molecule has 0 saturated heterocycles. The number of thioether (sulfide) groups is 1. The second kappa shape index (κ2) is 7.18. The molecule has 1 amide bonds. The lowest BCUT2D eigenvalue weighted by molar-refractivity contribution is -0.122. The minimum absolute atomic E-state index is 0.158. The van der Waals surface area contributed by atoms with Gasteiger partial charge in [0.05, 0.1) is 0 Å². The highest BCUT2D eigenvalue weighted by atomic mass is 32.2. The number of carbonyl (C=O) groups is 1. The Balaban J connectivity index is 1.97. The highest BCUT2D eigenvalue weighted by Gasteiger charge is 2.14. The minimum atomic E-state index is -0.550. The highest BCUT2D eigenvalue weighted by Crippen LogP contribution is 2.19. The van der Waals surface area contributed by atoms with Crippen LogP contribution in [0.25, 0.3) is 0 Å². The summed E-state index contributed by atoms with van der Waals surface area (Å²) in [5, 5.41) is 2.87. The molecule has 0 aromatic heterocycles. The maximum absolute atomic E-state index is 12.1. The molecule has 3 nitrogen and oxygen atoms in total. The van der Waals surface area contributed by atoms with Crippen molar-refractivity contribution in [3.63, 3.8) is 0 Å². The molecule has 1 atom stereocenters. The van der Waals surface area contributed by atoms with E-state index >= 15 is 0 Å². The maximum atomic E-state index is 12.1. The van der Waals surface area contributed by atoms with E-state index in [9.17, 15) is 4.79 Å². The van der Waals surface area contributed by atoms with E-state index in [1.165, 1.54) is 0 Å². The fourth-order valence-corrected chi connectivity index (χ4v) is 2.28. The van der Waals surface area contributed by atoms with E-state index in [1.807, 2.05) is 61.7 Å². The average molecular weight is 301 g/mol. The third-order valence-corrected chi connectivity index (χ3v) is 3.77. The molecule has 110 valence electrons. The Bertz CT molecular complexity index is 610. The summed E-state index contributed by atoms with van der Waals surface area (Å²) in [6, 6.07) is 15.4. The van der Waals surface area contributed by atoms with Crippen LogP contribution >= 0.6 is 11.8 Å². The largest absolute Gasteiger partial charge is 0.481 e. The Hall–Kier alpha value is -1.94. The molecule has 0 bridgehead atoms. The molecule has 0 aliphatic heterocycles. The lowest BCUT2D eigenvalue weighted by Gasteiger charge is -2.15. The van der Waals surface area contributed by atoms with Gasteiger partial charge >= 0.3 is 0 Å². The van der Waals surface area contributed by atoms with Crippen LogP contribution in [0, 0.1) is 6.92 Å². The molecule has 0 spiro atoms. The molecule has 0 radical (unpaired) electrons. The van der Waals surface area contributed by atoms with Gasteiger partial charge in [0, 0.05) is 10.6 Å². The van der Waals surface area contributed by atoms with E-state index in [1.54, 1.807) is 18.7 Å². The third-order valence-electron chi connectivity index (χ3n) is 3.04. The number of aryl methyl sites for hydroxylation is 1. The molecule has 0 aliphatic rings. The summed E-state index contributed by atoms with van der Waals surface area (Å²) in [4.78, 5) is 13.3. The van der Waals surface area contributed by atoms with Crippen LogP contribution in [-0.2, 0) is 4.79 Å². The number of amides is 1. The van der Waals surface area contributed by atoms with Gasteiger partial charge in [-0.05, 0) is 50.4 Å². The number of benzene rings is 2. The molecule has 1 N–H and O–H groups in total. The summed E-state index contributed by atoms with van der Waals surface area (Å²) in [5.74, 6) is 0.537. The Kier molecular flexibility index (Phi) is 5.28. The number of nitrogens with one attached hydrogen (secondary N) is 1. The first-order valence-electron chi connectivity index (χ1n) is 6.77. The quantitative estimate of drug-likeness (QED) is 0.844. The van der Waals surface area contributed by atoms with Crippen molar-refractivity contribution in [1.82, 2.24) is 0 Å². The van der Waals surface area contributed by atoms with Gasteiger partial charge in [-0.25, -0.2) is 0 Å². The van der Waals surface area contributed by atoms with Gasteiger partial charge < -0.3 is 10.1 Å². The Morgan fingerprint density at radius 1 is 1.19 bits per heavy atom. The zero-order valence-corrected chi connectivity index (χ0v) is 13.2. The molecule has 21 heavy (non-hydrogen) atoms. The fraction of sp³-hybridized carbons (Fsp3) is 0.235. The van der Waals surface area contributed by atoms with Crippen LogP contribution in [-0.4, -0.2) is 18.3 Å². The highest BCUT2D eigenvalue weighted by molar-refractivity contribution is 7.98. The topological polar surface area (TPSA) is 38.3 Å². The molecular weight excluding hydrogens is 282 g/mol. The second-order valence-electron chi connectivity index (χ2n) is 4.79. The van der Waals surface area contributed by atoms with Crippen LogP contribution in [0.15, 0.2) is 53.4 Å². The van der Waals surface area contributed by atoms with Gasteiger partial charge in [0.15, 0.2) is 6.10 Å². The Morgan fingerprint density at radius 2 is 1.90 bits per heavy atom. The summed E-state index contributed by atoms with van der Waals surface area (Å²) < 4.78 is 5.64. The van der Waals surface area contributed by atoms with Gasteiger partial charge in [-0.1, -0.05) is 23.8 Å². The van der Waals surface area contributed by atoms with Crippen molar-refractivity contribution < 1.29 is 9.53 Å². The van der Waals surface area contributed by atoms with Gasteiger partial charge in [-0.15, -0.1) is 11.8 Å². The summed E-state index contributed by atoms with van der Waals surface area (Å²) in [5.41, 5.74) is 1.94. The summed E-state index contributed by atoms with van der Waals surface area (Å²) in [6.07, 6.45) is 1.45. The van der Waals surface area contributed by atoms with Crippen molar-refractivity contribution in [3.05, 3.63) is 54.1 Å². The number of carbonyl (C=O) groups excluding carboxylic acids is 1. The first-order chi connectivity index (χ1) is 10.1. The molecule has 0 unspecified atom stereocenters. The SMILES string of the molecule is CSc1cccc(NC(=O)[C@H](C)Oc2ccc(C)cc2)c1. The molecule has 0 heterocycles. The molecule has 2 rings (SSSR count). The third kappa shape index (κ3) is 4.53. The van der Waals surface area contributed by atoms with Crippen molar-refractivity contribution >= 4 is 23.4 Å². The Morgan fingerprint density at radius 3 is 2.57 bits per heavy atom. The summed E-state index contributed by atoms with van der Waals surface area (Å²) in [6.45, 7) is 3.76. The monoisotopic (exact) mass is 301 g/mol. The molecule has 4 heteroatoms. The van der Waals surface area contributed by atoms with E-state index in [4.69, 9.17) is 4.74 Å². The first-order valence-corrected chi connectivity index (χ1v) is 7.99. The van der Waals surface area contributed by atoms with Gasteiger partial charge in [0.25, 0.3) is 5.91 Å². The van der Waals surface area contributed by atoms with Gasteiger partial charge in [0.1, 0.15) is 5.75 Å². The van der Waals surface area contributed by atoms with Crippen LogP contribution in [0.1, 0.15) is 12.5 Å². The van der Waals surface area contributed by atoms with E-state index in [2.05, 4.69) is 5.32 Å². The average Bonchev–Trinajstić information content (AvgIpc) is 2.49. The number of rotatable bonds is 5. The lowest BCUT2D eigenvalue weighted by Crippen LogP contribution is -2.30. The van der Waals surface area contributed by atoms with Crippen molar-refractivity contribution in [1.29, 1.82) is 0 Å². The van der Waals surface area contributed by atoms with Crippen molar-refractivity contribution in [2.24, 2.45) is 0 Å². The van der Waals surface area contributed by atoms with Crippen molar-refractivity contribution in [3.8, 4) is 5.75 Å². The van der Waals surface area contributed by atoms with Gasteiger partial charge in [0.2, 0.25) is 0 Å². The molecule has 2 aromatic rings. The first kappa shape index (κ1) is 15.4. The van der Waals surface area contributed by atoms with Crippen LogP contribution in [0.4, 0.5) is 5.69 Å². The molecule has 0 saturated carbocycles. The van der Waals surface area contributed by atoms with Crippen LogP contribution in [0.2, 0.25) is 0 Å². The van der Waals surface area contributed by atoms with E-state index in [0.29, 0.717) is 5.75 Å². The van der Waals surface area contributed by atoms with E-state index in [0.717, 1.165) is 16.1 Å². The maximum Gasteiger partial charge on any atom is 0.265 e. The molecule has 0 aliphatic carbocycles. The predicted octanol–water partition coefficient (Wildman–Crippen LogP) is 4.12. The normalized spacial score (nSPS) is 11.8. The van der Waals surface area contributed by atoms with E-state index in [-0.39, 0.29) is 5.91 Å². The molecule has 2 aromatic carbocycles. The fourth-order valence-electron chi connectivity index (χ4n) is 1.82. The van der Waals surface area contributed by atoms with Gasteiger partial charge in [-0.2, -0.15) is 0 Å². The van der Waals surface area contributed by atoms with E-state index < -0.39 is 6.10 Å². The second-order valence-corrected chi connectivity index (χ2v) is 5.67. The summed E-state index contributed by atoms with van der Waals surface area (Å²) >= 11 is 1.64. The molecule has 0 fully saturated rings. The van der Waals surface area contributed by atoms with Crippen LogP contribution in [0.5, 0.6) is 5.75 Å². The zero-order valence-electron chi connectivity index (χ0n) is 12.4. The number of hydrogen-bond acceptors (Lipinski definition) is 3. The number of hydrogen-bond donors (Lipinski definition) is 1. The predicted molar refractivity (Wildman–Crippen MR) is 88.1 cm³/mol. The summed E-state index contributed by atoms with van der Waals surface area (Å²) in [7, 11) is 0. The van der Waals surface area contributed by atoms with Crippen LogP contribution in [0.3, 0.4) is 0 Å². The number of ether oxygens (including phenoxy) is 1. The minimum Gasteiger partial charge on any atom is -0.481 e. The van der Waals surface area contributed by atoms with Crippen molar-refractivity contribution in [2.75, 3.05) is 11.6 Å². The van der Waals surface area contributed by atoms with Crippen LogP contribution < -0.4 is 10.1 Å². The van der Waals surface area contributed by atoms with Gasteiger partial charge in [-0.3, -0.25) is 4.79 Å². The number of anilines is 1. The lowest BCUT2D eigenvalue weighted by atomic mass is 10.2. The zero-order chi connectivity index (χ0) is 15.2. The molecular formula is C17H19NO2S.